The van der Waals surface area contributed by atoms with Crippen molar-refractivity contribution in [1.29, 1.82) is 0 Å². The van der Waals surface area contributed by atoms with E-state index in [2.05, 4.69) is 0 Å². The lowest BCUT2D eigenvalue weighted by Crippen LogP contribution is -2.52. The van der Waals surface area contributed by atoms with Crippen LogP contribution in [0.2, 0.25) is 0 Å². The second-order valence-electron chi connectivity index (χ2n) is 9.80. The number of aliphatic hydroxyl groups excluding tert-OH is 1. The summed E-state index contributed by atoms with van der Waals surface area (Å²) in [6, 6.07) is 5.40. The minimum atomic E-state index is -1.97. The zero-order chi connectivity index (χ0) is 26.1. The van der Waals surface area contributed by atoms with Gasteiger partial charge in [0.15, 0.2) is 23.6 Å². The molecule has 36 heavy (non-hydrogen) atoms. The number of rotatable bonds is 3. The molecule has 2 aromatic carbocycles. The Kier molecular flexibility index (Phi) is 5.77. The highest BCUT2D eigenvalue weighted by molar-refractivity contribution is 6.30. The Balaban J connectivity index is 1.66. The number of carbonyl (C=O) groups excluding carboxylic acids is 3. The van der Waals surface area contributed by atoms with Crippen molar-refractivity contribution in [3.05, 3.63) is 57.6 Å². The van der Waals surface area contributed by atoms with Gasteiger partial charge in [0.2, 0.25) is 0 Å². The molecule has 10 nitrogen and oxygen atoms in total. The van der Waals surface area contributed by atoms with Gasteiger partial charge in [-0.2, -0.15) is 0 Å². The topological polar surface area (TPSA) is 177 Å². The smallest absolute Gasteiger partial charge is 0.198 e. The van der Waals surface area contributed by atoms with Gasteiger partial charge in [-0.15, -0.1) is 0 Å². The fraction of sp³-hybridized carbons (Fsp3) is 0.423. The fourth-order valence-corrected chi connectivity index (χ4v) is 5.42. The van der Waals surface area contributed by atoms with E-state index in [9.17, 15) is 34.8 Å². The number of ketones is 3. The summed E-state index contributed by atoms with van der Waals surface area (Å²) in [6.07, 6.45) is -4.38. The van der Waals surface area contributed by atoms with E-state index in [-0.39, 0.29) is 46.2 Å². The molecule has 1 fully saturated rings. The van der Waals surface area contributed by atoms with Crippen molar-refractivity contribution in [1.82, 2.24) is 0 Å². The average Bonchev–Trinajstić information content (AvgIpc) is 2.82. The lowest BCUT2D eigenvalue weighted by molar-refractivity contribution is -0.247. The number of aliphatic hydroxyl groups is 2. The Morgan fingerprint density at radius 1 is 1.11 bits per heavy atom. The maximum atomic E-state index is 13.3. The predicted molar refractivity (Wildman–Crippen MR) is 124 cm³/mol. The van der Waals surface area contributed by atoms with E-state index in [1.54, 1.807) is 19.1 Å². The second kappa shape index (κ2) is 8.46. The third kappa shape index (κ3) is 3.56. The van der Waals surface area contributed by atoms with Crippen LogP contribution in [0.25, 0.3) is 0 Å². The molecule has 3 aliphatic rings. The standard InChI is InChI=1S/C26H27NO9/c1-10-21(29)15(27)7-17(35-10)36-16-9-26(34,11(2)28)8-14-18(16)25(33)20-19(24(14)32)22(30)12-5-3-4-6-13(12)23(20)31/h3-6,10,15-17,21,29,32-34H,7-9,27H2,1-2H3/t10?,15?,16-,17?,21?,26?/m1/s1. The highest BCUT2D eigenvalue weighted by atomic mass is 16.7. The number of aromatic hydroxyl groups is 2. The van der Waals surface area contributed by atoms with Crippen molar-refractivity contribution in [3.63, 3.8) is 0 Å². The minimum absolute atomic E-state index is 0.00588. The number of fused-ring (bicyclic) bond motifs is 3. The van der Waals surface area contributed by atoms with E-state index >= 15 is 0 Å². The number of phenols is 2. The van der Waals surface area contributed by atoms with E-state index in [1.807, 2.05) is 0 Å². The van der Waals surface area contributed by atoms with Crippen molar-refractivity contribution in [2.45, 2.75) is 69.4 Å². The van der Waals surface area contributed by atoms with Gasteiger partial charge in [0.1, 0.15) is 17.1 Å². The van der Waals surface area contributed by atoms with Crippen LogP contribution in [0.5, 0.6) is 11.5 Å². The number of benzene rings is 2. The van der Waals surface area contributed by atoms with Crippen molar-refractivity contribution >= 4 is 17.3 Å². The van der Waals surface area contributed by atoms with Crippen LogP contribution in [0.15, 0.2) is 24.3 Å². The van der Waals surface area contributed by atoms with E-state index in [0.717, 1.165) is 0 Å². The highest BCUT2D eigenvalue weighted by Gasteiger charge is 2.49. The molecule has 6 N–H and O–H groups in total. The average molecular weight is 498 g/mol. The molecule has 0 aromatic heterocycles. The Labute approximate surface area is 206 Å². The molecule has 0 amide bonds. The van der Waals surface area contributed by atoms with E-state index in [0.29, 0.717) is 0 Å². The first-order chi connectivity index (χ1) is 16.9. The van der Waals surface area contributed by atoms with Gasteiger partial charge in [0.25, 0.3) is 0 Å². The van der Waals surface area contributed by atoms with Gasteiger partial charge in [-0.1, -0.05) is 24.3 Å². The van der Waals surface area contributed by atoms with Gasteiger partial charge in [-0.25, -0.2) is 0 Å². The maximum absolute atomic E-state index is 13.3. The molecule has 2 aliphatic carbocycles. The zero-order valence-electron chi connectivity index (χ0n) is 19.7. The van der Waals surface area contributed by atoms with Crippen molar-refractivity contribution in [3.8, 4) is 11.5 Å². The van der Waals surface area contributed by atoms with E-state index < -0.39 is 71.5 Å². The summed E-state index contributed by atoms with van der Waals surface area (Å²) >= 11 is 0. The van der Waals surface area contributed by atoms with E-state index in [4.69, 9.17) is 15.2 Å². The third-order valence-electron chi connectivity index (χ3n) is 7.50. The molecular formula is C26H27NO9. The number of nitrogens with two attached hydrogens (primary N) is 1. The van der Waals surface area contributed by atoms with Crippen molar-refractivity contribution in [2.75, 3.05) is 0 Å². The molecule has 0 bridgehead atoms. The number of hydrogen-bond donors (Lipinski definition) is 5. The van der Waals surface area contributed by atoms with Gasteiger partial charge in [0, 0.05) is 47.6 Å². The van der Waals surface area contributed by atoms with Gasteiger partial charge in [0.05, 0.1) is 29.4 Å². The SMILES string of the molecule is CC(=O)C1(O)Cc2c(O)c3c(c(O)c2[C@H](OC2CC(N)C(O)C(C)O2)C1)C(=O)c1ccccc1C3=O. The third-order valence-corrected chi connectivity index (χ3v) is 7.50. The highest BCUT2D eigenvalue weighted by Crippen LogP contribution is 2.51. The maximum Gasteiger partial charge on any atom is 0.198 e. The summed E-state index contributed by atoms with van der Waals surface area (Å²) in [5, 5.41) is 43.8. The number of hydrogen-bond acceptors (Lipinski definition) is 10. The molecule has 0 radical (unpaired) electrons. The number of Topliss-reactive ketones (excluding diaryl/α,β-unsaturated/α-hetero) is 1. The van der Waals surface area contributed by atoms with Crippen LogP contribution in [0.4, 0.5) is 0 Å². The van der Waals surface area contributed by atoms with Gasteiger partial charge in [-0.3, -0.25) is 14.4 Å². The molecular weight excluding hydrogens is 470 g/mol. The molecule has 5 rings (SSSR count). The lowest BCUT2D eigenvalue weighted by atomic mass is 9.72. The molecule has 0 spiro atoms. The monoisotopic (exact) mass is 497 g/mol. The Bertz CT molecular complexity index is 1290. The number of ether oxygens (including phenoxy) is 2. The normalized spacial score (nSPS) is 31.4. The van der Waals surface area contributed by atoms with Crippen LogP contribution in [-0.4, -0.2) is 67.9 Å². The van der Waals surface area contributed by atoms with Crippen LogP contribution in [0, 0.1) is 0 Å². The minimum Gasteiger partial charge on any atom is -0.507 e. The molecule has 6 atom stereocenters. The first kappa shape index (κ1) is 24.5. The molecule has 2 aromatic rings. The molecule has 10 heteroatoms. The summed E-state index contributed by atoms with van der Waals surface area (Å²) < 4.78 is 11.8. The first-order valence-electron chi connectivity index (χ1n) is 11.7. The Morgan fingerprint density at radius 2 is 1.69 bits per heavy atom. The van der Waals surface area contributed by atoms with Crippen LogP contribution in [0.3, 0.4) is 0 Å². The van der Waals surface area contributed by atoms with E-state index in [1.165, 1.54) is 19.1 Å². The van der Waals surface area contributed by atoms with Crippen molar-refractivity contribution < 1.29 is 44.3 Å². The molecule has 190 valence electrons. The number of carbonyl (C=O) groups is 3. The summed E-state index contributed by atoms with van der Waals surface area (Å²) in [5.74, 6) is -3.06. The Morgan fingerprint density at radius 3 is 2.25 bits per heavy atom. The van der Waals surface area contributed by atoms with Crippen LogP contribution in [-0.2, 0) is 20.7 Å². The summed E-state index contributed by atoms with van der Waals surface area (Å²) in [6.45, 7) is 2.80. The Hall–Kier alpha value is -3.15. The van der Waals surface area contributed by atoms with Gasteiger partial charge in [-0.05, 0) is 13.8 Å². The molecule has 0 saturated carbocycles. The van der Waals surface area contributed by atoms with Crippen LogP contribution < -0.4 is 5.73 Å². The summed E-state index contributed by atoms with van der Waals surface area (Å²) in [7, 11) is 0. The van der Waals surface area contributed by atoms with Crippen LogP contribution in [0.1, 0.15) is 75.8 Å². The zero-order valence-corrected chi connectivity index (χ0v) is 19.7. The van der Waals surface area contributed by atoms with Crippen molar-refractivity contribution in [2.24, 2.45) is 5.73 Å². The van der Waals surface area contributed by atoms with Gasteiger partial charge >= 0.3 is 0 Å². The molecule has 1 heterocycles. The van der Waals surface area contributed by atoms with Crippen LogP contribution >= 0.6 is 0 Å². The molecule has 1 aliphatic heterocycles. The lowest BCUT2D eigenvalue weighted by Gasteiger charge is -2.42. The fourth-order valence-electron chi connectivity index (χ4n) is 5.42. The molecule has 1 saturated heterocycles. The summed E-state index contributed by atoms with van der Waals surface area (Å²) in [4.78, 5) is 39.0. The second-order valence-corrected chi connectivity index (χ2v) is 9.80. The predicted octanol–water partition coefficient (Wildman–Crippen LogP) is 1.02. The quantitative estimate of drug-likeness (QED) is 0.328. The first-order valence-corrected chi connectivity index (χ1v) is 11.7. The molecule has 5 unspecified atom stereocenters. The van der Waals surface area contributed by atoms with Gasteiger partial charge < -0.3 is 35.6 Å². The number of phenolic OH excluding ortho intramolecular Hbond substituents is 2. The largest absolute Gasteiger partial charge is 0.507 e. The summed E-state index contributed by atoms with van der Waals surface area (Å²) in [5.41, 5.74) is 3.38.